The van der Waals surface area contributed by atoms with Crippen LogP contribution in [-0.2, 0) is 12.7 Å². The largest absolute Gasteiger partial charge is 0.435 e. The highest BCUT2D eigenvalue weighted by atomic mass is 35.5. The van der Waals surface area contributed by atoms with E-state index in [9.17, 15) is 13.2 Å². The van der Waals surface area contributed by atoms with Crippen molar-refractivity contribution in [2.75, 3.05) is 0 Å². The lowest BCUT2D eigenvalue weighted by atomic mass is 10.0. The van der Waals surface area contributed by atoms with Crippen molar-refractivity contribution < 1.29 is 22.2 Å². The number of hydrogen-bond acceptors (Lipinski definition) is 6. The van der Waals surface area contributed by atoms with Gasteiger partial charge >= 0.3 is 6.18 Å². The molecule has 0 aliphatic rings. The van der Waals surface area contributed by atoms with Crippen LogP contribution in [0.4, 0.5) is 17.6 Å². The second-order valence-electron chi connectivity index (χ2n) is 8.91. The molecule has 6 rings (SSSR count). The van der Waals surface area contributed by atoms with E-state index in [0.29, 0.717) is 16.9 Å². The van der Waals surface area contributed by atoms with Crippen molar-refractivity contribution in [1.29, 1.82) is 0 Å². The number of tetrazole rings is 1. The molecule has 41 heavy (non-hydrogen) atoms. The maximum Gasteiger partial charge on any atom is 0.435 e. The van der Waals surface area contributed by atoms with Gasteiger partial charge in [0, 0.05) is 42.1 Å². The van der Waals surface area contributed by atoms with Gasteiger partial charge in [0.05, 0.1) is 29.0 Å². The first kappa shape index (κ1) is 26.3. The summed E-state index contributed by atoms with van der Waals surface area (Å²) in [5, 5.41) is 18.1. The number of hydrogen-bond donors (Lipinski definition) is 1. The molecule has 5 aromatic heterocycles. The van der Waals surface area contributed by atoms with Gasteiger partial charge in [0.15, 0.2) is 16.7 Å². The number of nitrogens with one attached hydrogen (secondary N) is 1. The summed E-state index contributed by atoms with van der Waals surface area (Å²) in [5.74, 6) is -0.664. The van der Waals surface area contributed by atoms with E-state index in [-0.39, 0.29) is 17.1 Å². The molecule has 1 unspecified atom stereocenters. The van der Waals surface area contributed by atoms with Crippen molar-refractivity contribution in [3.05, 3.63) is 108 Å². The van der Waals surface area contributed by atoms with Gasteiger partial charge in [0.2, 0.25) is 0 Å². The normalized spacial score (nSPS) is 12.5. The highest BCUT2D eigenvalue weighted by Crippen LogP contribution is 2.33. The smallest absolute Gasteiger partial charge is 0.270 e. The van der Waals surface area contributed by atoms with Crippen molar-refractivity contribution in [2.24, 2.45) is 0 Å². The summed E-state index contributed by atoms with van der Waals surface area (Å²) < 4.78 is 59.1. The topological polar surface area (TPSA) is 107 Å². The van der Waals surface area contributed by atoms with Crippen LogP contribution in [0.5, 0.6) is 0 Å². The van der Waals surface area contributed by atoms with Crippen LogP contribution in [0.15, 0.2) is 86.0 Å². The number of benzene rings is 1. The Morgan fingerprint density at radius 3 is 2.49 bits per heavy atom. The summed E-state index contributed by atoms with van der Waals surface area (Å²) in [6.45, 7) is -0.00760. The first-order chi connectivity index (χ1) is 19.8. The average molecular weight is 582 g/mol. The van der Waals surface area contributed by atoms with Crippen molar-refractivity contribution >= 4 is 11.6 Å². The summed E-state index contributed by atoms with van der Waals surface area (Å²) >= 11 is 6.08. The summed E-state index contributed by atoms with van der Waals surface area (Å²) in [5.41, 5.74) is 2.05. The van der Waals surface area contributed by atoms with Gasteiger partial charge in [-0.1, -0.05) is 22.9 Å². The molecule has 5 heterocycles. The number of rotatable bonds is 7. The molecule has 15 heteroatoms. The predicted octanol–water partition coefficient (Wildman–Crippen LogP) is 4.70. The molecule has 0 saturated carbocycles. The number of nitrogens with zero attached hydrogens (tertiary/aromatic N) is 9. The van der Waals surface area contributed by atoms with Gasteiger partial charge < -0.3 is 0 Å². The van der Waals surface area contributed by atoms with E-state index in [2.05, 4.69) is 35.7 Å². The quantitative estimate of drug-likeness (QED) is 0.216. The fourth-order valence-corrected chi connectivity index (χ4v) is 4.52. The third-order valence-corrected chi connectivity index (χ3v) is 6.64. The fraction of sp³-hybridized carbons (Fsp3) is 0.115. The Bertz CT molecular complexity index is 1780. The van der Waals surface area contributed by atoms with Gasteiger partial charge in [-0.05, 0) is 42.0 Å². The number of aromatic amines is 1. The molecule has 1 N–H and O–H groups in total. The zero-order valence-corrected chi connectivity index (χ0v) is 21.5. The van der Waals surface area contributed by atoms with Gasteiger partial charge in [-0.2, -0.15) is 23.4 Å². The zero-order valence-electron chi connectivity index (χ0n) is 20.8. The van der Waals surface area contributed by atoms with Gasteiger partial charge in [-0.15, -0.1) is 4.68 Å². The van der Waals surface area contributed by atoms with Crippen molar-refractivity contribution in [1.82, 2.24) is 45.1 Å². The summed E-state index contributed by atoms with van der Waals surface area (Å²) in [6, 6.07) is 10.2. The molecule has 206 valence electrons. The second kappa shape index (κ2) is 10.5. The van der Waals surface area contributed by atoms with Gasteiger partial charge in [0.25, 0.3) is 6.33 Å². The lowest BCUT2D eigenvalue weighted by molar-refractivity contribution is -0.659. The van der Waals surface area contributed by atoms with Crippen LogP contribution >= 0.6 is 11.6 Å². The number of H-pyrrole nitrogens is 1. The number of halogens is 5. The maximum absolute atomic E-state index is 15.3. The molecule has 0 fully saturated rings. The van der Waals surface area contributed by atoms with Crippen molar-refractivity contribution in [2.45, 2.75) is 18.8 Å². The minimum absolute atomic E-state index is 0.00760. The Balaban J connectivity index is 1.39. The van der Waals surface area contributed by atoms with E-state index in [4.69, 9.17) is 11.6 Å². The van der Waals surface area contributed by atoms with E-state index in [0.717, 1.165) is 17.2 Å². The molecular formula is C26H18ClF4N10+. The molecule has 0 aliphatic heterocycles. The van der Waals surface area contributed by atoms with Crippen LogP contribution < -0.4 is 4.68 Å². The van der Waals surface area contributed by atoms with Crippen molar-refractivity contribution in [3.8, 4) is 27.9 Å². The van der Waals surface area contributed by atoms with E-state index in [1.54, 1.807) is 47.7 Å². The second-order valence-corrected chi connectivity index (χ2v) is 9.32. The molecular weight excluding hydrogens is 564 g/mol. The van der Waals surface area contributed by atoms with Crippen molar-refractivity contribution in [3.63, 3.8) is 0 Å². The standard InChI is InChI=1S/C26H17ClF4N10/c27-19-2-4-21(41-15-34-37-38-41)24(25(19)28)17-1-3-20(33-11-17)22(14-39-10-7-23(36-39)26(29,30)31)40-13-18(12-35-40)16-5-8-32-9-6-16/h1-13,15,22H,14H2/p+1. The molecule has 0 spiro atoms. The summed E-state index contributed by atoms with van der Waals surface area (Å²) in [6.07, 6.45) is 6.21. The van der Waals surface area contributed by atoms with E-state index in [1.807, 2.05) is 12.1 Å². The third-order valence-electron chi connectivity index (χ3n) is 6.35. The Morgan fingerprint density at radius 2 is 1.80 bits per heavy atom. The molecule has 6 aromatic rings. The Labute approximate surface area is 233 Å². The van der Waals surface area contributed by atoms with Crippen LogP contribution in [0.25, 0.3) is 27.9 Å². The Morgan fingerprint density at radius 1 is 0.976 bits per heavy atom. The molecule has 0 bridgehead atoms. The van der Waals surface area contributed by atoms with Gasteiger partial charge in [-0.3, -0.25) is 19.3 Å². The first-order valence-electron chi connectivity index (χ1n) is 12.1. The highest BCUT2D eigenvalue weighted by molar-refractivity contribution is 6.31. The highest BCUT2D eigenvalue weighted by Gasteiger charge is 2.34. The zero-order chi connectivity index (χ0) is 28.6. The molecule has 0 saturated heterocycles. The minimum atomic E-state index is -4.58. The molecule has 10 nitrogen and oxygen atoms in total. The number of pyridine rings is 2. The molecule has 0 amide bonds. The number of alkyl halides is 3. The van der Waals surface area contributed by atoms with Crippen LogP contribution in [0.2, 0.25) is 5.02 Å². The maximum atomic E-state index is 15.3. The van der Waals surface area contributed by atoms with Gasteiger partial charge in [-0.25, -0.2) is 4.39 Å². The van der Waals surface area contributed by atoms with E-state index < -0.39 is 23.7 Å². The molecule has 1 aromatic carbocycles. The molecule has 1 atom stereocenters. The molecule has 0 radical (unpaired) electrons. The predicted molar refractivity (Wildman–Crippen MR) is 137 cm³/mol. The monoisotopic (exact) mass is 581 g/mol. The lowest BCUT2D eigenvalue weighted by Crippen LogP contribution is -2.33. The first-order valence-corrected chi connectivity index (χ1v) is 12.4. The fourth-order valence-electron chi connectivity index (χ4n) is 4.37. The minimum Gasteiger partial charge on any atom is -0.270 e. The third kappa shape index (κ3) is 5.28. The van der Waals surface area contributed by atoms with Crippen LogP contribution in [0.3, 0.4) is 0 Å². The lowest BCUT2D eigenvalue weighted by Gasteiger charge is -2.18. The van der Waals surface area contributed by atoms with E-state index >= 15 is 4.39 Å². The van der Waals surface area contributed by atoms with Gasteiger partial charge in [0.1, 0.15) is 16.8 Å². The summed E-state index contributed by atoms with van der Waals surface area (Å²) in [7, 11) is 0. The Kier molecular flexibility index (Phi) is 6.75. The Hall–Kier alpha value is -4.98. The average Bonchev–Trinajstić information content (AvgIpc) is 3.76. The van der Waals surface area contributed by atoms with E-state index in [1.165, 1.54) is 34.2 Å². The summed E-state index contributed by atoms with van der Waals surface area (Å²) in [4.78, 5) is 8.58. The van der Waals surface area contributed by atoms with Crippen LogP contribution in [0.1, 0.15) is 17.4 Å². The van der Waals surface area contributed by atoms with Crippen LogP contribution in [-0.4, -0.2) is 45.1 Å². The molecule has 0 aliphatic carbocycles. The van der Waals surface area contributed by atoms with Crippen LogP contribution in [0, 0.1) is 5.82 Å². The SMILES string of the molecule is Fc1c(Cl)ccc(-[n+]2cnn[nH]2)c1-c1ccc(C(Cn2ccc(C(F)(F)F)n2)n2cc(-c3ccncc3)cn2)nc1. The number of aromatic nitrogens is 10.